The van der Waals surface area contributed by atoms with Crippen molar-refractivity contribution in [2.45, 2.75) is 192 Å². The largest absolute Gasteiger partial charge is 0.394 e. The quantitative estimate of drug-likeness (QED) is 0.110. The first kappa shape index (κ1) is 44.7. The first-order chi connectivity index (χ1) is 26.0. The minimum absolute atomic E-state index is 0.000258. The summed E-state index contributed by atoms with van der Waals surface area (Å²) in [6.45, 7) is 15.7. The van der Waals surface area contributed by atoms with E-state index in [4.69, 9.17) is 18.9 Å². The van der Waals surface area contributed by atoms with Crippen LogP contribution in [0.4, 0.5) is 0 Å². The Labute approximate surface area is 331 Å². The average molecular weight is 801 g/mol. The Balaban J connectivity index is 1.39. The standard InChI is InChI=1S/C42H72O14/c1-20(2)10-9-13-42(8,56-37-34(52)32(50)30(48)25(19-44)55-37)21-11-15-40(6)28(21)22(45)16-26-39(5)14-12-27(46)38(3,4)35(39)23(17-41(26,40)7)53-36-33(51)31(49)29(47)24(18-43)54-36/h10,21-37,43-52H,9,11-19H2,1-8H3/t21-,22+,23-,24+,25+,26+,27-,28?,29+,30+,31-,32-,33+,34+,35-,36+,37-,39+,40+,41+,42-/m0/s1. The summed E-state index contributed by atoms with van der Waals surface area (Å²) < 4.78 is 25.4. The number of hydrogen-bond acceptors (Lipinski definition) is 14. The summed E-state index contributed by atoms with van der Waals surface area (Å²) in [5.74, 6) is -0.781. The Morgan fingerprint density at radius 1 is 0.750 bits per heavy atom. The van der Waals surface area contributed by atoms with Gasteiger partial charge in [-0.05, 0) is 117 Å². The molecule has 0 spiro atoms. The topological polar surface area (TPSA) is 239 Å². The summed E-state index contributed by atoms with van der Waals surface area (Å²) in [6.07, 6.45) is -9.52. The molecule has 14 heteroatoms. The van der Waals surface area contributed by atoms with E-state index in [1.165, 1.54) is 0 Å². The number of fused-ring (bicyclic) bond motifs is 5. The Hall–Kier alpha value is -0.820. The number of allylic oxidation sites excluding steroid dienone is 2. The minimum Gasteiger partial charge on any atom is -0.394 e. The van der Waals surface area contributed by atoms with Crippen molar-refractivity contribution in [1.82, 2.24) is 0 Å². The molecule has 56 heavy (non-hydrogen) atoms. The third-order valence-electron chi connectivity index (χ3n) is 16.6. The first-order valence-corrected chi connectivity index (χ1v) is 21.0. The molecule has 4 saturated carbocycles. The number of aliphatic hydroxyl groups excluding tert-OH is 10. The maximum absolute atomic E-state index is 12.6. The highest BCUT2D eigenvalue weighted by atomic mass is 16.7. The molecular weight excluding hydrogens is 728 g/mol. The molecule has 6 aliphatic rings. The van der Waals surface area contributed by atoms with E-state index in [0.717, 1.165) is 12.0 Å². The van der Waals surface area contributed by atoms with Gasteiger partial charge < -0.3 is 70.0 Å². The minimum atomic E-state index is -1.61. The van der Waals surface area contributed by atoms with Crippen molar-refractivity contribution < 1.29 is 70.0 Å². The highest BCUT2D eigenvalue weighted by Crippen LogP contribution is 2.76. The number of ether oxygens (including phenoxy) is 4. The second-order valence-corrected chi connectivity index (χ2v) is 20.2. The van der Waals surface area contributed by atoms with Gasteiger partial charge in [0.1, 0.15) is 48.8 Å². The van der Waals surface area contributed by atoms with Crippen LogP contribution in [0.15, 0.2) is 11.6 Å². The van der Waals surface area contributed by atoms with Crippen LogP contribution in [-0.4, -0.2) is 150 Å². The molecule has 6 rings (SSSR count). The predicted octanol–water partition coefficient (Wildman–Crippen LogP) is 1.12. The molecule has 324 valence electrons. The van der Waals surface area contributed by atoms with Crippen LogP contribution in [0.1, 0.15) is 107 Å². The van der Waals surface area contributed by atoms with Crippen LogP contribution in [0, 0.1) is 45.3 Å². The number of rotatable bonds is 10. The summed E-state index contributed by atoms with van der Waals surface area (Å²) in [5, 5.41) is 109. The van der Waals surface area contributed by atoms with Crippen molar-refractivity contribution in [3.8, 4) is 0 Å². The lowest BCUT2D eigenvalue weighted by molar-refractivity contribution is -0.349. The average Bonchev–Trinajstić information content (AvgIpc) is 3.52. The second-order valence-electron chi connectivity index (χ2n) is 20.2. The Morgan fingerprint density at radius 3 is 1.89 bits per heavy atom. The third-order valence-corrected chi connectivity index (χ3v) is 16.6. The van der Waals surface area contributed by atoms with Crippen molar-refractivity contribution >= 4 is 0 Å². The fraction of sp³-hybridized carbons (Fsp3) is 0.952. The maximum Gasteiger partial charge on any atom is 0.187 e. The summed E-state index contributed by atoms with van der Waals surface area (Å²) in [4.78, 5) is 0. The third kappa shape index (κ3) is 7.06. The van der Waals surface area contributed by atoms with Gasteiger partial charge in [0.05, 0.1) is 37.1 Å². The van der Waals surface area contributed by atoms with Crippen molar-refractivity contribution in [3.05, 3.63) is 11.6 Å². The van der Waals surface area contributed by atoms with Gasteiger partial charge in [-0.1, -0.05) is 46.3 Å². The van der Waals surface area contributed by atoms with E-state index in [0.29, 0.717) is 44.9 Å². The summed E-state index contributed by atoms with van der Waals surface area (Å²) in [5.41, 5.74) is -1.92. The first-order valence-electron chi connectivity index (χ1n) is 21.0. The molecular formula is C42H72O14. The van der Waals surface area contributed by atoms with Gasteiger partial charge in [0.2, 0.25) is 0 Å². The Kier molecular flexibility index (Phi) is 12.7. The fourth-order valence-electron chi connectivity index (χ4n) is 13.5. The van der Waals surface area contributed by atoms with Crippen molar-refractivity contribution in [1.29, 1.82) is 0 Å². The monoisotopic (exact) mass is 800 g/mol. The molecule has 0 aromatic carbocycles. The molecule has 2 aliphatic heterocycles. The molecule has 0 aromatic rings. The Morgan fingerprint density at radius 2 is 1.32 bits per heavy atom. The van der Waals surface area contributed by atoms with Gasteiger partial charge in [0.15, 0.2) is 12.6 Å². The molecule has 10 N–H and O–H groups in total. The summed E-state index contributed by atoms with van der Waals surface area (Å²) in [6, 6.07) is 0. The van der Waals surface area contributed by atoms with Crippen LogP contribution in [0.5, 0.6) is 0 Å². The molecule has 0 radical (unpaired) electrons. The van der Waals surface area contributed by atoms with Gasteiger partial charge in [0, 0.05) is 0 Å². The van der Waals surface area contributed by atoms with Crippen molar-refractivity contribution in [2.24, 2.45) is 45.3 Å². The molecule has 1 unspecified atom stereocenters. The molecule has 14 nitrogen and oxygen atoms in total. The zero-order valence-corrected chi connectivity index (χ0v) is 34.6. The van der Waals surface area contributed by atoms with Crippen LogP contribution >= 0.6 is 0 Å². The van der Waals surface area contributed by atoms with E-state index >= 15 is 0 Å². The summed E-state index contributed by atoms with van der Waals surface area (Å²) >= 11 is 0. The van der Waals surface area contributed by atoms with E-state index in [1.54, 1.807) is 0 Å². The van der Waals surface area contributed by atoms with Gasteiger partial charge in [0.25, 0.3) is 0 Å². The van der Waals surface area contributed by atoms with E-state index in [-0.39, 0.29) is 23.7 Å². The van der Waals surface area contributed by atoms with E-state index in [2.05, 4.69) is 26.8 Å². The molecule has 2 heterocycles. The van der Waals surface area contributed by atoms with E-state index in [9.17, 15) is 51.1 Å². The van der Waals surface area contributed by atoms with Gasteiger partial charge in [-0.25, -0.2) is 0 Å². The lowest BCUT2D eigenvalue weighted by atomic mass is 9.34. The van der Waals surface area contributed by atoms with Crippen LogP contribution in [-0.2, 0) is 18.9 Å². The lowest BCUT2D eigenvalue weighted by Gasteiger charge is -2.72. The molecule has 0 aromatic heterocycles. The smallest absolute Gasteiger partial charge is 0.187 e. The van der Waals surface area contributed by atoms with Gasteiger partial charge in [-0.3, -0.25) is 0 Å². The highest BCUT2D eigenvalue weighted by molar-refractivity contribution is 5.22. The van der Waals surface area contributed by atoms with E-state index < -0.39 is 120 Å². The van der Waals surface area contributed by atoms with Crippen molar-refractivity contribution in [2.75, 3.05) is 13.2 Å². The normalized spacial score (nSPS) is 52.6. The Bertz CT molecular complexity index is 1400. The lowest BCUT2D eigenvalue weighted by Crippen LogP contribution is -2.71. The van der Waals surface area contributed by atoms with Crippen LogP contribution in [0.2, 0.25) is 0 Å². The van der Waals surface area contributed by atoms with Crippen LogP contribution < -0.4 is 0 Å². The van der Waals surface area contributed by atoms with Gasteiger partial charge >= 0.3 is 0 Å². The fourth-order valence-corrected chi connectivity index (χ4v) is 13.5. The second kappa shape index (κ2) is 15.9. The van der Waals surface area contributed by atoms with Gasteiger partial charge in [-0.2, -0.15) is 0 Å². The number of aliphatic hydroxyl groups is 10. The maximum atomic E-state index is 12.6. The van der Waals surface area contributed by atoms with Gasteiger partial charge in [-0.15, -0.1) is 0 Å². The molecule has 0 bridgehead atoms. The molecule has 0 amide bonds. The number of hydrogen-bond donors (Lipinski definition) is 10. The van der Waals surface area contributed by atoms with Crippen LogP contribution in [0.25, 0.3) is 0 Å². The highest BCUT2D eigenvalue weighted by Gasteiger charge is 2.74. The van der Waals surface area contributed by atoms with Crippen molar-refractivity contribution in [3.63, 3.8) is 0 Å². The molecule has 4 aliphatic carbocycles. The van der Waals surface area contributed by atoms with E-state index in [1.807, 2.05) is 34.6 Å². The SMILES string of the molecule is CC(C)=CCC[C@](C)(O[C@@H]1O[C@H](CO)[C@@H](O)[C@H](O)[C@H]1O)[C@H]1CC[C@]2(C)C1[C@H](O)C[C@@H]1[C@@]3(C)CC[C@H](O)C(C)(C)[C@@H]3[C@@H](O[C@@H]3O[C@H](CO)[C@@H](O)[C@H](O)[C@H]3O)C[C@]12C. The zero-order chi connectivity index (χ0) is 41.5. The molecule has 6 fully saturated rings. The van der Waals surface area contributed by atoms with Crippen LogP contribution in [0.3, 0.4) is 0 Å². The zero-order valence-electron chi connectivity index (χ0n) is 34.6. The molecule has 21 atom stereocenters. The summed E-state index contributed by atoms with van der Waals surface area (Å²) in [7, 11) is 0. The molecule has 2 saturated heterocycles. The predicted molar refractivity (Wildman–Crippen MR) is 202 cm³/mol.